The number of halogens is 1. The summed E-state index contributed by atoms with van der Waals surface area (Å²) in [6, 6.07) is 23.1. The summed E-state index contributed by atoms with van der Waals surface area (Å²) in [6.45, 7) is 8.51. The van der Waals surface area contributed by atoms with Crippen LogP contribution in [0.3, 0.4) is 0 Å². The van der Waals surface area contributed by atoms with E-state index in [0.29, 0.717) is 5.82 Å². The Kier molecular flexibility index (Phi) is 7.30. The van der Waals surface area contributed by atoms with E-state index in [1.807, 2.05) is 22.9 Å². The highest BCUT2D eigenvalue weighted by atomic mass is 19.1. The van der Waals surface area contributed by atoms with Gasteiger partial charge in [-0.15, -0.1) is 5.10 Å². The maximum absolute atomic E-state index is 14.3. The van der Waals surface area contributed by atoms with Gasteiger partial charge in [0.15, 0.2) is 5.82 Å². The monoisotopic (exact) mass is 482 g/mol. The molecule has 2 heterocycles. The van der Waals surface area contributed by atoms with Crippen molar-refractivity contribution in [3.63, 3.8) is 0 Å². The Morgan fingerprint density at radius 1 is 0.889 bits per heavy atom. The van der Waals surface area contributed by atoms with Crippen LogP contribution in [0.25, 0.3) is 11.8 Å². The molecule has 6 nitrogen and oxygen atoms in total. The Hall–Kier alpha value is -3.68. The van der Waals surface area contributed by atoms with Crippen LogP contribution >= 0.6 is 0 Å². The van der Waals surface area contributed by atoms with Crippen molar-refractivity contribution in [1.82, 2.24) is 30.0 Å². The first kappa shape index (κ1) is 24.0. The first-order valence-electron chi connectivity index (χ1n) is 12.4. The molecule has 0 N–H and O–H groups in total. The maximum Gasteiger partial charge on any atom is 0.178 e. The standard InChI is InChI=1S/C29H31FN6/c1-22-9-6-10-23(2)27(22)36-29(31-32-33-36)28(25-14-7-15-26(30)21-25)35-19-17-34(18-20-35)16-8-13-24-11-4-3-5-12-24/h3-15,21,28H,16-20H2,1-2H3/b13-8+/t28-/m1/s1. The molecule has 1 aromatic heterocycles. The smallest absolute Gasteiger partial charge is 0.178 e. The molecule has 7 heteroatoms. The van der Waals surface area contributed by atoms with E-state index in [9.17, 15) is 4.39 Å². The molecule has 0 amide bonds. The second-order valence-electron chi connectivity index (χ2n) is 9.30. The molecule has 3 aromatic carbocycles. The average molecular weight is 483 g/mol. The van der Waals surface area contributed by atoms with Gasteiger partial charge in [-0.05, 0) is 58.7 Å². The number of hydrogen-bond acceptors (Lipinski definition) is 5. The number of benzene rings is 3. The number of piperazine rings is 1. The fourth-order valence-electron chi connectivity index (χ4n) is 4.97. The van der Waals surface area contributed by atoms with E-state index in [-0.39, 0.29) is 11.9 Å². The Balaban J connectivity index is 1.39. The topological polar surface area (TPSA) is 50.1 Å². The molecule has 1 fully saturated rings. The third kappa shape index (κ3) is 5.27. The zero-order chi connectivity index (χ0) is 24.9. The van der Waals surface area contributed by atoms with Crippen molar-refractivity contribution in [3.05, 3.63) is 113 Å². The lowest BCUT2D eigenvalue weighted by Crippen LogP contribution is -2.48. The van der Waals surface area contributed by atoms with Crippen molar-refractivity contribution in [1.29, 1.82) is 0 Å². The molecular weight excluding hydrogens is 451 g/mol. The number of para-hydroxylation sites is 1. The molecule has 5 rings (SSSR count). The summed E-state index contributed by atoms with van der Waals surface area (Å²) in [4.78, 5) is 4.80. The third-order valence-corrected chi connectivity index (χ3v) is 6.80. The molecule has 0 radical (unpaired) electrons. The molecule has 0 unspecified atom stereocenters. The fraction of sp³-hybridized carbons (Fsp3) is 0.276. The maximum atomic E-state index is 14.3. The molecule has 0 saturated carbocycles. The molecule has 0 aliphatic carbocycles. The van der Waals surface area contributed by atoms with Crippen molar-refractivity contribution in [2.45, 2.75) is 19.9 Å². The number of tetrazole rings is 1. The van der Waals surface area contributed by atoms with Gasteiger partial charge in [-0.25, -0.2) is 4.39 Å². The van der Waals surface area contributed by atoms with Crippen LogP contribution in [0.1, 0.15) is 34.1 Å². The minimum Gasteiger partial charge on any atom is -0.297 e. The van der Waals surface area contributed by atoms with Crippen molar-refractivity contribution >= 4 is 6.08 Å². The van der Waals surface area contributed by atoms with E-state index < -0.39 is 0 Å². The predicted octanol–water partition coefficient (Wildman–Crippen LogP) is 4.84. The van der Waals surface area contributed by atoms with Crippen LogP contribution in [0.2, 0.25) is 0 Å². The summed E-state index contributed by atoms with van der Waals surface area (Å²) < 4.78 is 16.2. The fourth-order valence-corrected chi connectivity index (χ4v) is 4.97. The van der Waals surface area contributed by atoms with Gasteiger partial charge < -0.3 is 0 Å². The largest absolute Gasteiger partial charge is 0.297 e. The zero-order valence-electron chi connectivity index (χ0n) is 20.8. The first-order valence-corrected chi connectivity index (χ1v) is 12.4. The van der Waals surface area contributed by atoms with Crippen LogP contribution in [0.4, 0.5) is 4.39 Å². The van der Waals surface area contributed by atoms with Crippen molar-refractivity contribution < 1.29 is 4.39 Å². The molecule has 0 bridgehead atoms. The molecule has 1 aliphatic heterocycles. The van der Waals surface area contributed by atoms with E-state index in [4.69, 9.17) is 0 Å². The van der Waals surface area contributed by atoms with Gasteiger partial charge in [0.2, 0.25) is 0 Å². The minimum absolute atomic E-state index is 0.253. The SMILES string of the molecule is Cc1cccc(C)c1-n1nnnc1[C@@H](c1cccc(F)c1)N1CCN(C/C=C/c2ccccc2)CC1. The average Bonchev–Trinajstić information content (AvgIpc) is 3.34. The summed E-state index contributed by atoms with van der Waals surface area (Å²) in [5, 5.41) is 12.9. The number of aryl methyl sites for hydroxylation is 2. The summed E-state index contributed by atoms with van der Waals surface area (Å²) in [6.07, 6.45) is 4.39. The lowest BCUT2D eigenvalue weighted by Gasteiger charge is -2.38. The highest BCUT2D eigenvalue weighted by Crippen LogP contribution is 2.31. The zero-order valence-corrected chi connectivity index (χ0v) is 20.8. The predicted molar refractivity (Wildman–Crippen MR) is 140 cm³/mol. The molecular formula is C29H31FN6. The highest BCUT2D eigenvalue weighted by Gasteiger charge is 2.31. The normalized spacial score (nSPS) is 16.0. The minimum atomic E-state index is -0.256. The van der Waals surface area contributed by atoms with Crippen LogP contribution in [0.15, 0.2) is 78.9 Å². The molecule has 0 spiro atoms. The molecule has 1 aliphatic rings. The number of aromatic nitrogens is 4. The van der Waals surface area contributed by atoms with Crippen molar-refractivity contribution in [2.75, 3.05) is 32.7 Å². The van der Waals surface area contributed by atoms with Crippen molar-refractivity contribution in [2.24, 2.45) is 0 Å². The van der Waals surface area contributed by atoms with E-state index in [1.54, 1.807) is 12.1 Å². The van der Waals surface area contributed by atoms with Gasteiger partial charge in [-0.1, -0.05) is 72.8 Å². The van der Waals surface area contributed by atoms with Crippen LogP contribution in [-0.4, -0.2) is 62.7 Å². The molecule has 4 aromatic rings. The van der Waals surface area contributed by atoms with E-state index in [1.165, 1.54) is 11.6 Å². The van der Waals surface area contributed by atoms with E-state index in [0.717, 1.165) is 55.1 Å². The van der Waals surface area contributed by atoms with Gasteiger partial charge in [0.05, 0.1) is 11.7 Å². The Bertz CT molecular complexity index is 1300. The van der Waals surface area contributed by atoms with Crippen LogP contribution < -0.4 is 0 Å². The lowest BCUT2D eigenvalue weighted by molar-refractivity contribution is 0.113. The van der Waals surface area contributed by atoms with Crippen LogP contribution in [0.5, 0.6) is 0 Å². The number of hydrogen-bond donors (Lipinski definition) is 0. The van der Waals surface area contributed by atoms with Crippen LogP contribution in [0, 0.1) is 19.7 Å². The third-order valence-electron chi connectivity index (χ3n) is 6.80. The Labute approximate surface area is 211 Å². The van der Waals surface area contributed by atoms with Gasteiger partial charge in [-0.3, -0.25) is 9.80 Å². The highest BCUT2D eigenvalue weighted by molar-refractivity contribution is 5.49. The number of rotatable bonds is 7. The summed E-state index contributed by atoms with van der Waals surface area (Å²) in [7, 11) is 0. The Morgan fingerprint density at radius 3 is 2.33 bits per heavy atom. The number of nitrogens with zero attached hydrogens (tertiary/aromatic N) is 6. The van der Waals surface area contributed by atoms with E-state index >= 15 is 0 Å². The van der Waals surface area contributed by atoms with Gasteiger partial charge >= 0.3 is 0 Å². The summed E-state index contributed by atoms with van der Waals surface area (Å²) >= 11 is 0. The van der Waals surface area contributed by atoms with Gasteiger partial charge in [0.1, 0.15) is 5.82 Å². The van der Waals surface area contributed by atoms with Crippen LogP contribution in [-0.2, 0) is 0 Å². The van der Waals surface area contributed by atoms with E-state index in [2.05, 4.69) is 87.7 Å². The second-order valence-corrected chi connectivity index (χ2v) is 9.30. The Morgan fingerprint density at radius 2 is 1.61 bits per heavy atom. The van der Waals surface area contributed by atoms with Gasteiger partial charge in [0.25, 0.3) is 0 Å². The second kappa shape index (κ2) is 10.9. The van der Waals surface area contributed by atoms with Gasteiger partial charge in [0, 0.05) is 32.7 Å². The lowest BCUT2D eigenvalue weighted by atomic mass is 10.0. The van der Waals surface area contributed by atoms with Gasteiger partial charge in [-0.2, -0.15) is 4.68 Å². The first-order chi connectivity index (χ1) is 17.6. The van der Waals surface area contributed by atoms with Crippen molar-refractivity contribution in [3.8, 4) is 5.69 Å². The molecule has 184 valence electrons. The quantitative estimate of drug-likeness (QED) is 0.377. The molecule has 1 saturated heterocycles. The summed E-state index contributed by atoms with van der Waals surface area (Å²) in [5.41, 5.74) is 5.23. The molecule has 1 atom stereocenters. The summed E-state index contributed by atoms with van der Waals surface area (Å²) in [5.74, 6) is 0.448. The molecule has 36 heavy (non-hydrogen) atoms.